The summed E-state index contributed by atoms with van der Waals surface area (Å²) < 4.78 is 13.3. The minimum atomic E-state index is -0.648. The van der Waals surface area contributed by atoms with Crippen LogP contribution in [0.3, 0.4) is 0 Å². The van der Waals surface area contributed by atoms with Crippen molar-refractivity contribution in [3.63, 3.8) is 0 Å². The number of aliphatic hydroxyl groups is 1. The first-order valence-electron chi connectivity index (χ1n) is 4.34. The minimum Gasteiger partial charge on any atom is -0.393 e. The monoisotopic (exact) mass is 217 g/mol. The second-order valence-electron chi connectivity index (χ2n) is 3.70. The zero-order valence-corrected chi connectivity index (χ0v) is 8.43. The van der Waals surface area contributed by atoms with Crippen LogP contribution in [0.25, 0.3) is 0 Å². The summed E-state index contributed by atoms with van der Waals surface area (Å²) in [5.74, 6) is -0.281. The first kappa shape index (κ1) is 11.4. The van der Waals surface area contributed by atoms with Gasteiger partial charge >= 0.3 is 0 Å². The average molecular weight is 218 g/mol. The van der Waals surface area contributed by atoms with Crippen LogP contribution in [0, 0.1) is 5.82 Å². The molecule has 1 fully saturated rings. The van der Waals surface area contributed by atoms with Crippen LogP contribution in [-0.2, 0) is 5.54 Å². The first-order chi connectivity index (χ1) is 6.12. The Bertz CT molecular complexity index is 326. The van der Waals surface area contributed by atoms with Crippen LogP contribution < -0.4 is 5.73 Å². The van der Waals surface area contributed by atoms with E-state index in [-0.39, 0.29) is 24.3 Å². The zero-order chi connectivity index (χ0) is 9.47. The highest BCUT2D eigenvalue weighted by Gasteiger charge is 2.42. The van der Waals surface area contributed by atoms with Crippen molar-refractivity contribution >= 4 is 12.4 Å². The molecule has 1 aliphatic carbocycles. The van der Waals surface area contributed by atoms with Crippen molar-refractivity contribution in [3.8, 4) is 0 Å². The van der Waals surface area contributed by atoms with Gasteiger partial charge in [0.05, 0.1) is 6.10 Å². The van der Waals surface area contributed by atoms with Crippen LogP contribution in [0.4, 0.5) is 4.39 Å². The highest BCUT2D eigenvalue weighted by atomic mass is 35.5. The molecule has 4 heteroatoms. The number of aliphatic hydroxyl groups excluding tert-OH is 1. The quantitative estimate of drug-likeness (QED) is 0.750. The van der Waals surface area contributed by atoms with Gasteiger partial charge in [-0.05, 0) is 18.9 Å². The van der Waals surface area contributed by atoms with Crippen molar-refractivity contribution in [2.45, 2.75) is 24.5 Å². The summed E-state index contributed by atoms with van der Waals surface area (Å²) >= 11 is 0. The van der Waals surface area contributed by atoms with Crippen molar-refractivity contribution in [2.24, 2.45) is 5.73 Å². The molecule has 0 unspecified atom stereocenters. The Hall–Kier alpha value is -0.640. The SMILES string of the molecule is Cl.NC1(c2ccccc2F)CC(O)C1. The Labute approximate surface area is 88.3 Å². The molecule has 3 N–H and O–H groups in total. The Kier molecular flexibility index (Phi) is 3.14. The highest BCUT2D eigenvalue weighted by Crippen LogP contribution is 2.39. The van der Waals surface area contributed by atoms with Crippen LogP contribution >= 0.6 is 12.4 Å². The summed E-state index contributed by atoms with van der Waals surface area (Å²) in [5.41, 5.74) is 5.78. The molecule has 2 rings (SSSR count). The van der Waals surface area contributed by atoms with Crippen LogP contribution in [-0.4, -0.2) is 11.2 Å². The van der Waals surface area contributed by atoms with Gasteiger partial charge in [0.1, 0.15) is 5.82 Å². The summed E-state index contributed by atoms with van der Waals surface area (Å²) in [4.78, 5) is 0. The number of hydrogen-bond acceptors (Lipinski definition) is 2. The molecular formula is C10H13ClFNO. The minimum absolute atomic E-state index is 0. The molecule has 14 heavy (non-hydrogen) atoms. The molecule has 0 atom stereocenters. The molecule has 0 aromatic heterocycles. The zero-order valence-electron chi connectivity index (χ0n) is 7.61. The standard InChI is InChI=1S/C10H12FNO.ClH/c11-9-4-2-1-3-8(9)10(12)5-7(13)6-10;/h1-4,7,13H,5-6,12H2;1H. The van der Waals surface area contributed by atoms with Crippen LogP contribution in [0.5, 0.6) is 0 Å². The number of benzene rings is 1. The van der Waals surface area contributed by atoms with Crippen molar-refractivity contribution in [1.82, 2.24) is 0 Å². The maximum Gasteiger partial charge on any atom is 0.128 e. The van der Waals surface area contributed by atoms with E-state index >= 15 is 0 Å². The Morgan fingerprint density at radius 1 is 1.36 bits per heavy atom. The molecule has 0 spiro atoms. The molecule has 1 saturated carbocycles. The molecule has 78 valence electrons. The molecular weight excluding hydrogens is 205 g/mol. The van der Waals surface area contributed by atoms with Crippen LogP contribution in [0.15, 0.2) is 24.3 Å². The van der Waals surface area contributed by atoms with Gasteiger partial charge in [0.2, 0.25) is 0 Å². The molecule has 0 heterocycles. The molecule has 0 aliphatic heterocycles. The molecule has 0 radical (unpaired) electrons. The topological polar surface area (TPSA) is 46.2 Å². The number of halogens is 2. The van der Waals surface area contributed by atoms with Gasteiger partial charge in [-0.1, -0.05) is 18.2 Å². The number of nitrogens with two attached hydrogens (primary N) is 1. The number of hydrogen-bond donors (Lipinski definition) is 2. The van der Waals surface area contributed by atoms with E-state index in [2.05, 4.69) is 0 Å². The maximum absolute atomic E-state index is 13.3. The number of rotatable bonds is 1. The lowest BCUT2D eigenvalue weighted by molar-refractivity contribution is 0.0193. The average Bonchev–Trinajstić information content (AvgIpc) is 2.02. The van der Waals surface area contributed by atoms with Crippen molar-refractivity contribution in [1.29, 1.82) is 0 Å². The predicted octanol–water partition coefficient (Wildman–Crippen LogP) is 1.56. The lowest BCUT2D eigenvalue weighted by Gasteiger charge is -2.42. The van der Waals surface area contributed by atoms with Crippen LogP contribution in [0.1, 0.15) is 18.4 Å². The van der Waals surface area contributed by atoms with E-state index in [0.717, 1.165) is 0 Å². The third-order valence-corrected chi connectivity index (χ3v) is 2.61. The fourth-order valence-electron chi connectivity index (χ4n) is 1.87. The normalized spacial score (nSPS) is 30.4. The molecule has 0 amide bonds. The highest BCUT2D eigenvalue weighted by molar-refractivity contribution is 5.85. The Morgan fingerprint density at radius 2 is 1.93 bits per heavy atom. The summed E-state index contributed by atoms with van der Waals surface area (Å²) in [7, 11) is 0. The van der Waals surface area contributed by atoms with E-state index in [4.69, 9.17) is 10.8 Å². The van der Waals surface area contributed by atoms with Gasteiger partial charge in [-0.3, -0.25) is 0 Å². The van der Waals surface area contributed by atoms with Gasteiger partial charge in [-0.2, -0.15) is 0 Å². The summed E-state index contributed by atoms with van der Waals surface area (Å²) in [6, 6.07) is 6.48. The van der Waals surface area contributed by atoms with Gasteiger partial charge in [0.15, 0.2) is 0 Å². The Balaban J connectivity index is 0.000000980. The van der Waals surface area contributed by atoms with Crippen molar-refractivity contribution in [2.75, 3.05) is 0 Å². The van der Waals surface area contributed by atoms with E-state index in [1.807, 2.05) is 0 Å². The third kappa shape index (κ3) is 1.75. The second kappa shape index (κ2) is 3.85. The molecule has 1 aliphatic rings. The molecule has 0 bridgehead atoms. The van der Waals surface area contributed by atoms with E-state index in [0.29, 0.717) is 18.4 Å². The third-order valence-electron chi connectivity index (χ3n) is 2.61. The molecule has 0 saturated heterocycles. The van der Waals surface area contributed by atoms with Gasteiger partial charge < -0.3 is 10.8 Å². The lowest BCUT2D eigenvalue weighted by atomic mass is 9.70. The van der Waals surface area contributed by atoms with Gasteiger partial charge in [0, 0.05) is 11.1 Å². The first-order valence-corrected chi connectivity index (χ1v) is 4.34. The summed E-state index contributed by atoms with van der Waals surface area (Å²) in [6.45, 7) is 0. The van der Waals surface area contributed by atoms with Crippen molar-refractivity contribution < 1.29 is 9.50 Å². The van der Waals surface area contributed by atoms with E-state index in [1.54, 1.807) is 18.2 Å². The van der Waals surface area contributed by atoms with Crippen molar-refractivity contribution in [3.05, 3.63) is 35.6 Å². The molecule has 1 aromatic carbocycles. The largest absolute Gasteiger partial charge is 0.393 e. The van der Waals surface area contributed by atoms with E-state index < -0.39 is 5.54 Å². The van der Waals surface area contributed by atoms with E-state index in [9.17, 15) is 4.39 Å². The second-order valence-corrected chi connectivity index (χ2v) is 3.70. The predicted molar refractivity (Wildman–Crippen MR) is 54.8 cm³/mol. The molecule has 1 aromatic rings. The van der Waals surface area contributed by atoms with Gasteiger partial charge in [-0.25, -0.2) is 4.39 Å². The summed E-state index contributed by atoms with van der Waals surface area (Å²) in [5, 5.41) is 9.13. The van der Waals surface area contributed by atoms with Crippen LogP contribution in [0.2, 0.25) is 0 Å². The Morgan fingerprint density at radius 3 is 2.43 bits per heavy atom. The fourth-order valence-corrected chi connectivity index (χ4v) is 1.87. The summed E-state index contributed by atoms with van der Waals surface area (Å²) in [6.07, 6.45) is 0.534. The van der Waals surface area contributed by atoms with Gasteiger partial charge in [0.25, 0.3) is 0 Å². The fraction of sp³-hybridized carbons (Fsp3) is 0.400. The van der Waals surface area contributed by atoms with E-state index in [1.165, 1.54) is 6.07 Å². The lowest BCUT2D eigenvalue weighted by Crippen LogP contribution is -2.52. The smallest absolute Gasteiger partial charge is 0.128 e. The maximum atomic E-state index is 13.3. The molecule has 2 nitrogen and oxygen atoms in total. The van der Waals surface area contributed by atoms with Gasteiger partial charge in [-0.15, -0.1) is 12.4 Å².